The SMILES string of the molecule is Cn1ccnc1CNC(=O)C1CCC(=O)N(C2CCCCCC2)C1. The number of nitrogens with zero attached hydrogens (tertiary/aromatic N) is 3. The van der Waals surface area contributed by atoms with E-state index in [1.807, 2.05) is 22.7 Å². The van der Waals surface area contributed by atoms with Gasteiger partial charge < -0.3 is 14.8 Å². The Balaban J connectivity index is 1.56. The summed E-state index contributed by atoms with van der Waals surface area (Å²) < 4.78 is 1.91. The molecule has 1 N–H and O–H groups in total. The highest BCUT2D eigenvalue weighted by Gasteiger charge is 2.34. The van der Waals surface area contributed by atoms with Crippen molar-refractivity contribution in [1.82, 2.24) is 19.8 Å². The fourth-order valence-corrected chi connectivity index (χ4v) is 3.89. The second kappa shape index (κ2) is 7.81. The zero-order valence-electron chi connectivity index (χ0n) is 14.5. The van der Waals surface area contributed by atoms with Crippen molar-refractivity contribution < 1.29 is 9.59 Å². The minimum absolute atomic E-state index is 0.0455. The van der Waals surface area contributed by atoms with E-state index in [1.165, 1.54) is 25.7 Å². The van der Waals surface area contributed by atoms with Crippen molar-refractivity contribution in [2.45, 2.75) is 64.0 Å². The summed E-state index contributed by atoms with van der Waals surface area (Å²) in [5.41, 5.74) is 0. The van der Waals surface area contributed by atoms with Gasteiger partial charge in [0, 0.05) is 38.4 Å². The molecule has 0 bridgehead atoms. The molecule has 2 heterocycles. The number of carbonyl (C=O) groups excluding carboxylic acids is 2. The first kappa shape index (κ1) is 17.0. The lowest BCUT2D eigenvalue weighted by molar-refractivity contribution is -0.141. The Morgan fingerprint density at radius 1 is 1.25 bits per heavy atom. The lowest BCUT2D eigenvalue weighted by Crippen LogP contribution is -2.49. The van der Waals surface area contributed by atoms with Gasteiger partial charge in [-0.25, -0.2) is 4.98 Å². The van der Waals surface area contributed by atoms with Crippen molar-refractivity contribution >= 4 is 11.8 Å². The number of hydrogen-bond acceptors (Lipinski definition) is 3. The van der Waals surface area contributed by atoms with Crippen molar-refractivity contribution in [2.75, 3.05) is 6.54 Å². The van der Waals surface area contributed by atoms with Crippen LogP contribution in [0.25, 0.3) is 0 Å². The molecule has 1 atom stereocenters. The normalized spacial score (nSPS) is 23.1. The van der Waals surface area contributed by atoms with E-state index < -0.39 is 0 Å². The Morgan fingerprint density at radius 2 is 2.00 bits per heavy atom. The van der Waals surface area contributed by atoms with Crippen molar-refractivity contribution in [1.29, 1.82) is 0 Å². The van der Waals surface area contributed by atoms with Gasteiger partial charge in [-0.2, -0.15) is 0 Å². The predicted molar refractivity (Wildman–Crippen MR) is 91.0 cm³/mol. The number of aryl methyl sites for hydroxylation is 1. The molecular weight excluding hydrogens is 304 g/mol. The van der Waals surface area contributed by atoms with Gasteiger partial charge in [0.25, 0.3) is 0 Å². The number of imidazole rings is 1. The van der Waals surface area contributed by atoms with E-state index in [0.717, 1.165) is 18.7 Å². The molecule has 0 aromatic carbocycles. The fraction of sp³-hybridized carbons (Fsp3) is 0.722. The zero-order chi connectivity index (χ0) is 16.9. The van der Waals surface area contributed by atoms with Gasteiger partial charge >= 0.3 is 0 Å². The van der Waals surface area contributed by atoms with Crippen molar-refractivity contribution in [2.24, 2.45) is 13.0 Å². The third kappa shape index (κ3) is 3.97. The fourth-order valence-electron chi connectivity index (χ4n) is 3.89. The van der Waals surface area contributed by atoms with Gasteiger partial charge in [0.1, 0.15) is 5.82 Å². The van der Waals surface area contributed by atoms with E-state index in [9.17, 15) is 9.59 Å². The van der Waals surface area contributed by atoms with Crippen LogP contribution in [0, 0.1) is 5.92 Å². The van der Waals surface area contributed by atoms with Crippen LogP contribution in [0.3, 0.4) is 0 Å². The lowest BCUT2D eigenvalue weighted by atomic mass is 9.93. The summed E-state index contributed by atoms with van der Waals surface area (Å²) in [5.74, 6) is 1.03. The number of hydrogen-bond donors (Lipinski definition) is 1. The summed E-state index contributed by atoms with van der Waals surface area (Å²) in [6.45, 7) is 1.02. The standard InChI is InChI=1S/C18H28N4O2/c1-21-11-10-19-16(21)12-20-18(24)14-8-9-17(23)22(13-14)15-6-4-2-3-5-7-15/h10-11,14-15H,2-9,12-13H2,1H3,(H,20,24). The molecule has 1 aromatic heterocycles. The Labute approximate surface area is 143 Å². The van der Waals surface area contributed by atoms with Crippen LogP contribution in [0.2, 0.25) is 0 Å². The summed E-state index contributed by atoms with van der Waals surface area (Å²) in [4.78, 5) is 31.1. The van der Waals surface area contributed by atoms with E-state index in [2.05, 4.69) is 10.3 Å². The highest BCUT2D eigenvalue weighted by molar-refractivity contribution is 5.83. The molecule has 0 radical (unpaired) electrons. The van der Waals surface area contributed by atoms with E-state index in [-0.39, 0.29) is 17.7 Å². The molecule has 1 unspecified atom stereocenters. The molecule has 1 saturated heterocycles. The largest absolute Gasteiger partial charge is 0.349 e. The molecular formula is C18H28N4O2. The molecule has 2 aliphatic rings. The van der Waals surface area contributed by atoms with Crippen LogP contribution in [0.15, 0.2) is 12.4 Å². The topological polar surface area (TPSA) is 67.2 Å². The maximum absolute atomic E-state index is 12.5. The molecule has 24 heavy (non-hydrogen) atoms. The summed E-state index contributed by atoms with van der Waals surface area (Å²) in [5, 5.41) is 2.99. The quantitative estimate of drug-likeness (QED) is 0.858. The average Bonchev–Trinajstić information content (AvgIpc) is 2.83. The van der Waals surface area contributed by atoms with Crippen LogP contribution < -0.4 is 5.32 Å². The van der Waals surface area contributed by atoms with Gasteiger partial charge in [-0.1, -0.05) is 25.7 Å². The highest BCUT2D eigenvalue weighted by atomic mass is 16.2. The van der Waals surface area contributed by atoms with E-state index in [1.54, 1.807) is 6.20 Å². The molecule has 1 aliphatic carbocycles. The van der Waals surface area contributed by atoms with Crippen LogP contribution in [0.5, 0.6) is 0 Å². The van der Waals surface area contributed by atoms with Crippen LogP contribution in [0.4, 0.5) is 0 Å². The maximum Gasteiger partial charge on any atom is 0.225 e. The van der Waals surface area contributed by atoms with E-state index >= 15 is 0 Å². The Morgan fingerprint density at radius 3 is 2.67 bits per heavy atom. The third-order valence-electron chi connectivity index (χ3n) is 5.42. The molecule has 6 nitrogen and oxygen atoms in total. The Kier molecular flexibility index (Phi) is 5.53. The number of likely N-dealkylation sites (tertiary alicyclic amines) is 1. The molecule has 0 spiro atoms. The van der Waals surface area contributed by atoms with Gasteiger partial charge in [0.15, 0.2) is 0 Å². The van der Waals surface area contributed by atoms with Crippen molar-refractivity contribution in [3.8, 4) is 0 Å². The van der Waals surface area contributed by atoms with E-state index in [0.29, 0.717) is 32.0 Å². The predicted octanol–water partition coefficient (Wildman–Crippen LogP) is 2.00. The number of piperidine rings is 1. The lowest BCUT2D eigenvalue weighted by Gasteiger charge is -2.37. The van der Waals surface area contributed by atoms with E-state index in [4.69, 9.17) is 0 Å². The third-order valence-corrected chi connectivity index (χ3v) is 5.42. The smallest absolute Gasteiger partial charge is 0.225 e. The van der Waals surface area contributed by atoms with Crippen LogP contribution >= 0.6 is 0 Å². The summed E-state index contributed by atoms with van der Waals surface area (Å²) in [6, 6.07) is 0.338. The average molecular weight is 332 g/mol. The molecule has 6 heteroatoms. The van der Waals surface area contributed by atoms with Crippen LogP contribution in [0.1, 0.15) is 57.2 Å². The number of carbonyl (C=O) groups is 2. The number of amides is 2. The monoisotopic (exact) mass is 332 g/mol. The summed E-state index contributed by atoms with van der Waals surface area (Å²) >= 11 is 0. The van der Waals surface area contributed by atoms with Gasteiger partial charge in [-0.05, 0) is 19.3 Å². The molecule has 1 aromatic rings. The van der Waals surface area contributed by atoms with Crippen molar-refractivity contribution in [3.63, 3.8) is 0 Å². The minimum Gasteiger partial charge on any atom is -0.349 e. The van der Waals surface area contributed by atoms with Gasteiger partial charge in [0.2, 0.25) is 11.8 Å². The van der Waals surface area contributed by atoms with Gasteiger partial charge in [0.05, 0.1) is 12.5 Å². The van der Waals surface area contributed by atoms with Gasteiger partial charge in [-0.3, -0.25) is 9.59 Å². The molecule has 2 fully saturated rings. The molecule has 132 valence electrons. The van der Waals surface area contributed by atoms with Crippen molar-refractivity contribution in [3.05, 3.63) is 18.2 Å². The number of rotatable bonds is 4. The first-order valence-electron chi connectivity index (χ1n) is 9.18. The first-order valence-corrected chi connectivity index (χ1v) is 9.18. The van der Waals surface area contributed by atoms with Crippen LogP contribution in [-0.2, 0) is 23.2 Å². The molecule has 1 aliphatic heterocycles. The molecule has 1 saturated carbocycles. The number of aromatic nitrogens is 2. The Hall–Kier alpha value is -1.85. The first-order chi connectivity index (χ1) is 11.6. The maximum atomic E-state index is 12.5. The van der Waals surface area contributed by atoms with Crippen LogP contribution in [-0.4, -0.2) is 38.9 Å². The number of nitrogens with one attached hydrogen (secondary N) is 1. The Bertz CT molecular complexity index is 575. The second-order valence-corrected chi connectivity index (χ2v) is 7.10. The zero-order valence-corrected chi connectivity index (χ0v) is 14.5. The summed E-state index contributed by atoms with van der Waals surface area (Å²) in [6.07, 6.45) is 11.9. The van der Waals surface area contributed by atoms with Gasteiger partial charge in [-0.15, -0.1) is 0 Å². The summed E-state index contributed by atoms with van der Waals surface area (Å²) in [7, 11) is 1.92. The second-order valence-electron chi connectivity index (χ2n) is 7.10. The highest BCUT2D eigenvalue weighted by Crippen LogP contribution is 2.27. The molecule has 2 amide bonds. The molecule has 3 rings (SSSR count). The minimum atomic E-state index is -0.0915.